The van der Waals surface area contributed by atoms with Gasteiger partial charge in [-0.3, -0.25) is 14.9 Å². The Morgan fingerprint density at radius 3 is 2.19 bits per heavy atom. The van der Waals surface area contributed by atoms with Gasteiger partial charge in [0.15, 0.2) is 23.0 Å². The Bertz CT molecular complexity index is 852. The van der Waals surface area contributed by atoms with E-state index in [2.05, 4.69) is 5.32 Å². The van der Waals surface area contributed by atoms with E-state index in [1.807, 2.05) is 0 Å². The number of methoxy groups -OCH3 is 4. The number of nitro benzene ring substituents is 1. The van der Waals surface area contributed by atoms with Crippen LogP contribution in [0.2, 0.25) is 0 Å². The molecule has 2 rings (SSSR count). The van der Waals surface area contributed by atoms with Crippen LogP contribution in [0, 0.1) is 10.1 Å². The predicted octanol–water partition coefficient (Wildman–Crippen LogP) is 2.56. The number of hydrogen-bond donors (Lipinski definition) is 1. The van der Waals surface area contributed by atoms with Gasteiger partial charge in [-0.1, -0.05) is 12.1 Å². The van der Waals surface area contributed by atoms with Crippen molar-refractivity contribution < 1.29 is 28.7 Å². The van der Waals surface area contributed by atoms with E-state index in [1.54, 1.807) is 18.2 Å². The third-order valence-electron chi connectivity index (χ3n) is 3.87. The lowest BCUT2D eigenvalue weighted by atomic mass is 10.1. The number of benzene rings is 2. The van der Waals surface area contributed by atoms with E-state index in [1.165, 1.54) is 34.5 Å². The third kappa shape index (κ3) is 4.20. The number of carbonyl (C=O) groups is 1. The van der Waals surface area contributed by atoms with Gasteiger partial charge >= 0.3 is 0 Å². The fourth-order valence-corrected chi connectivity index (χ4v) is 2.56. The fourth-order valence-electron chi connectivity index (χ4n) is 2.56. The molecular formula is C18H20N2O7. The van der Waals surface area contributed by atoms with E-state index in [-0.39, 0.29) is 29.3 Å². The van der Waals surface area contributed by atoms with E-state index in [0.29, 0.717) is 17.1 Å². The number of ether oxygens (including phenoxy) is 4. The standard InChI is InChI=1S/C18H20N2O7/c1-24-14-7-5-6-11(17(14)27-4)10-19-18(21)12-8-15(25-2)16(26-3)9-13(12)20(22)23/h5-9H,10H2,1-4H3,(H,19,21). The Morgan fingerprint density at radius 2 is 1.63 bits per heavy atom. The summed E-state index contributed by atoms with van der Waals surface area (Å²) in [6, 6.07) is 7.66. The van der Waals surface area contributed by atoms with E-state index in [0.717, 1.165) is 6.07 Å². The smallest absolute Gasteiger partial charge is 0.286 e. The van der Waals surface area contributed by atoms with Crippen molar-refractivity contribution in [3.8, 4) is 23.0 Å². The van der Waals surface area contributed by atoms with Crippen molar-refractivity contribution in [3.05, 3.63) is 51.6 Å². The Kier molecular flexibility index (Phi) is 6.42. The number of amides is 1. The molecule has 0 aromatic heterocycles. The average Bonchev–Trinajstić information content (AvgIpc) is 2.70. The maximum atomic E-state index is 12.6. The summed E-state index contributed by atoms with van der Waals surface area (Å²) in [4.78, 5) is 23.3. The molecule has 1 N–H and O–H groups in total. The van der Waals surface area contributed by atoms with Crippen molar-refractivity contribution in [3.63, 3.8) is 0 Å². The molecule has 9 nitrogen and oxygen atoms in total. The van der Waals surface area contributed by atoms with Crippen LogP contribution in [0.5, 0.6) is 23.0 Å². The molecule has 0 unspecified atom stereocenters. The Balaban J connectivity index is 2.32. The van der Waals surface area contributed by atoms with Crippen LogP contribution in [-0.2, 0) is 6.54 Å². The fraction of sp³-hybridized carbons (Fsp3) is 0.278. The minimum Gasteiger partial charge on any atom is -0.493 e. The first kappa shape index (κ1) is 19.8. The molecule has 0 saturated carbocycles. The topological polar surface area (TPSA) is 109 Å². The van der Waals surface area contributed by atoms with E-state index < -0.39 is 10.8 Å². The van der Waals surface area contributed by atoms with Gasteiger partial charge in [0.2, 0.25) is 0 Å². The SMILES string of the molecule is COc1cc(C(=O)NCc2cccc(OC)c2OC)c([N+](=O)[O-])cc1OC. The van der Waals surface area contributed by atoms with Crippen LogP contribution < -0.4 is 24.3 Å². The van der Waals surface area contributed by atoms with Gasteiger partial charge in [-0.25, -0.2) is 0 Å². The summed E-state index contributed by atoms with van der Waals surface area (Å²) in [6.07, 6.45) is 0. The lowest BCUT2D eigenvalue weighted by Crippen LogP contribution is -2.24. The second kappa shape index (κ2) is 8.75. The van der Waals surface area contributed by atoms with Gasteiger partial charge in [-0.2, -0.15) is 0 Å². The first-order chi connectivity index (χ1) is 13.0. The highest BCUT2D eigenvalue weighted by Crippen LogP contribution is 2.35. The average molecular weight is 376 g/mol. The van der Waals surface area contributed by atoms with Gasteiger partial charge in [-0.15, -0.1) is 0 Å². The number of nitrogens with zero attached hydrogens (tertiary/aromatic N) is 1. The second-order valence-electron chi connectivity index (χ2n) is 5.32. The van der Waals surface area contributed by atoms with E-state index in [9.17, 15) is 14.9 Å². The Labute approximate surface area is 155 Å². The molecule has 9 heteroatoms. The highest BCUT2D eigenvalue weighted by Gasteiger charge is 2.24. The van der Waals surface area contributed by atoms with Gasteiger partial charge in [0.05, 0.1) is 39.4 Å². The molecule has 27 heavy (non-hydrogen) atoms. The lowest BCUT2D eigenvalue weighted by Gasteiger charge is -2.14. The molecule has 0 radical (unpaired) electrons. The minimum absolute atomic E-state index is 0.0880. The van der Waals surface area contributed by atoms with Crippen molar-refractivity contribution in [1.29, 1.82) is 0 Å². The number of nitrogens with one attached hydrogen (secondary N) is 1. The van der Waals surface area contributed by atoms with Gasteiger partial charge in [-0.05, 0) is 6.07 Å². The third-order valence-corrected chi connectivity index (χ3v) is 3.87. The quantitative estimate of drug-likeness (QED) is 0.557. The summed E-state index contributed by atoms with van der Waals surface area (Å²) in [5.74, 6) is 0.735. The molecule has 0 heterocycles. The van der Waals surface area contributed by atoms with Crippen molar-refractivity contribution >= 4 is 11.6 Å². The molecule has 0 aliphatic carbocycles. The number of carbonyl (C=O) groups excluding carboxylic acids is 1. The number of hydrogen-bond acceptors (Lipinski definition) is 7. The molecule has 0 aliphatic heterocycles. The van der Waals surface area contributed by atoms with Gasteiger partial charge in [0.1, 0.15) is 5.56 Å². The van der Waals surface area contributed by atoms with E-state index >= 15 is 0 Å². The molecule has 0 bridgehead atoms. The first-order valence-corrected chi connectivity index (χ1v) is 7.85. The van der Waals surface area contributed by atoms with Gasteiger partial charge < -0.3 is 24.3 Å². The summed E-state index contributed by atoms with van der Waals surface area (Å²) in [5, 5.41) is 14.0. The maximum absolute atomic E-state index is 12.6. The molecule has 144 valence electrons. The summed E-state index contributed by atoms with van der Waals surface area (Å²) in [7, 11) is 5.73. The van der Waals surface area contributed by atoms with Crippen molar-refractivity contribution in [2.45, 2.75) is 6.54 Å². The predicted molar refractivity (Wildman–Crippen MR) is 96.9 cm³/mol. The van der Waals surface area contributed by atoms with Crippen LogP contribution in [0.4, 0.5) is 5.69 Å². The first-order valence-electron chi connectivity index (χ1n) is 7.85. The second-order valence-corrected chi connectivity index (χ2v) is 5.32. The summed E-state index contributed by atoms with van der Waals surface area (Å²) in [6.45, 7) is 0.0880. The maximum Gasteiger partial charge on any atom is 0.286 e. The number of nitro groups is 1. The highest BCUT2D eigenvalue weighted by atomic mass is 16.6. The van der Waals surface area contributed by atoms with Crippen LogP contribution in [0.1, 0.15) is 15.9 Å². The summed E-state index contributed by atoms with van der Waals surface area (Å²) in [5.41, 5.74) is 0.135. The van der Waals surface area contributed by atoms with Crippen LogP contribution in [0.25, 0.3) is 0 Å². The van der Waals surface area contributed by atoms with Crippen LogP contribution in [0.3, 0.4) is 0 Å². The molecule has 0 spiro atoms. The summed E-state index contributed by atoms with van der Waals surface area (Å²) < 4.78 is 20.7. The molecule has 1 amide bonds. The number of rotatable bonds is 8. The van der Waals surface area contributed by atoms with Crippen LogP contribution in [0.15, 0.2) is 30.3 Å². The largest absolute Gasteiger partial charge is 0.493 e. The molecule has 0 aliphatic rings. The zero-order chi connectivity index (χ0) is 20.0. The van der Waals surface area contributed by atoms with Crippen molar-refractivity contribution in [2.24, 2.45) is 0 Å². The van der Waals surface area contributed by atoms with Gasteiger partial charge in [0.25, 0.3) is 11.6 Å². The zero-order valence-electron chi connectivity index (χ0n) is 15.4. The zero-order valence-corrected chi connectivity index (χ0v) is 15.4. The van der Waals surface area contributed by atoms with Crippen LogP contribution in [-0.4, -0.2) is 39.3 Å². The van der Waals surface area contributed by atoms with Crippen LogP contribution >= 0.6 is 0 Å². The molecule has 0 saturated heterocycles. The normalized spacial score (nSPS) is 10.1. The minimum atomic E-state index is -0.650. The Hall–Kier alpha value is -3.49. The molecule has 2 aromatic carbocycles. The lowest BCUT2D eigenvalue weighted by molar-refractivity contribution is -0.385. The molecule has 0 fully saturated rings. The van der Waals surface area contributed by atoms with Gasteiger partial charge in [0, 0.05) is 18.2 Å². The highest BCUT2D eigenvalue weighted by molar-refractivity contribution is 5.99. The van der Waals surface area contributed by atoms with E-state index in [4.69, 9.17) is 18.9 Å². The van der Waals surface area contributed by atoms with Crippen molar-refractivity contribution in [2.75, 3.05) is 28.4 Å². The summed E-state index contributed by atoms with van der Waals surface area (Å²) >= 11 is 0. The molecular weight excluding hydrogens is 356 g/mol. The monoisotopic (exact) mass is 376 g/mol. The number of para-hydroxylation sites is 1. The molecule has 2 aromatic rings. The van der Waals surface area contributed by atoms with Crippen molar-refractivity contribution in [1.82, 2.24) is 5.32 Å². The Morgan fingerprint density at radius 1 is 1.00 bits per heavy atom. The molecule has 0 atom stereocenters.